The van der Waals surface area contributed by atoms with Crippen molar-refractivity contribution >= 4 is 46.3 Å². The highest BCUT2D eigenvalue weighted by molar-refractivity contribution is 6.37. The van der Waals surface area contributed by atoms with Crippen LogP contribution in [-0.4, -0.2) is 23.0 Å². The van der Waals surface area contributed by atoms with Gasteiger partial charge >= 0.3 is 0 Å². The second kappa shape index (κ2) is 9.11. The number of aromatic nitrogens is 2. The van der Waals surface area contributed by atoms with Crippen molar-refractivity contribution in [1.82, 2.24) is 9.97 Å². The SMILES string of the molecule is CCc1ccc(Nc2cc(C)ncn2)cc1NC(=O)c1c(Cl)ccc(Cl)c1OC. The van der Waals surface area contributed by atoms with Gasteiger partial charge in [0.1, 0.15) is 17.7 Å². The van der Waals surface area contributed by atoms with Crippen molar-refractivity contribution in [2.24, 2.45) is 0 Å². The number of benzene rings is 2. The molecule has 0 unspecified atom stereocenters. The number of anilines is 3. The van der Waals surface area contributed by atoms with E-state index < -0.39 is 5.91 Å². The minimum absolute atomic E-state index is 0.188. The third-order valence-corrected chi connectivity index (χ3v) is 4.92. The van der Waals surface area contributed by atoms with E-state index in [1.54, 1.807) is 12.1 Å². The van der Waals surface area contributed by atoms with Gasteiger partial charge in [-0.1, -0.05) is 36.2 Å². The third kappa shape index (κ3) is 4.78. The summed E-state index contributed by atoms with van der Waals surface area (Å²) in [5.74, 6) is 0.498. The van der Waals surface area contributed by atoms with E-state index in [4.69, 9.17) is 27.9 Å². The lowest BCUT2D eigenvalue weighted by Crippen LogP contribution is -2.15. The largest absolute Gasteiger partial charge is 0.494 e. The monoisotopic (exact) mass is 430 g/mol. The van der Waals surface area contributed by atoms with Gasteiger partial charge in [0, 0.05) is 23.1 Å². The quantitative estimate of drug-likeness (QED) is 0.527. The molecule has 0 aliphatic rings. The van der Waals surface area contributed by atoms with Gasteiger partial charge in [0.15, 0.2) is 5.75 Å². The molecule has 3 aromatic rings. The van der Waals surface area contributed by atoms with Crippen molar-refractivity contribution in [3.63, 3.8) is 0 Å². The average molecular weight is 431 g/mol. The number of aryl methyl sites for hydroxylation is 2. The highest BCUT2D eigenvalue weighted by Gasteiger charge is 2.20. The predicted molar refractivity (Wildman–Crippen MR) is 117 cm³/mol. The van der Waals surface area contributed by atoms with Gasteiger partial charge < -0.3 is 15.4 Å². The predicted octanol–water partition coefficient (Wildman–Crippen LogP) is 5.66. The van der Waals surface area contributed by atoms with Crippen molar-refractivity contribution < 1.29 is 9.53 Å². The molecule has 0 fully saturated rings. The van der Waals surface area contributed by atoms with Crippen LogP contribution in [0.2, 0.25) is 10.0 Å². The topological polar surface area (TPSA) is 76.1 Å². The molecule has 0 aliphatic carbocycles. The molecule has 0 radical (unpaired) electrons. The van der Waals surface area contributed by atoms with Gasteiger partial charge in [-0.3, -0.25) is 4.79 Å². The van der Waals surface area contributed by atoms with Gasteiger partial charge in [0.25, 0.3) is 5.91 Å². The first-order valence-corrected chi connectivity index (χ1v) is 9.70. The first-order valence-electron chi connectivity index (χ1n) is 8.94. The molecule has 1 aromatic heterocycles. The van der Waals surface area contributed by atoms with Gasteiger partial charge in [0.05, 0.1) is 17.2 Å². The number of carbonyl (C=O) groups is 1. The summed E-state index contributed by atoms with van der Waals surface area (Å²) in [6.45, 7) is 3.90. The molecule has 6 nitrogen and oxygen atoms in total. The van der Waals surface area contributed by atoms with E-state index in [-0.39, 0.29) is 16.3 Å². The molecule has 0 saturated heterocycles. The second-order valence-electron chi connectivity index (χ2n) is 6.29. The maximum Gasteiger partial charge on any atom is 0.261 e. The Kier molecular flexibility index (Phi) is 6.56. The van der Waals surface area contributed by atoms with Crippen LogP contribution < -0.4 is 15.4 Å². The number of ether oxygens (including phenoxy) is 1. The van der Waals surface area contributed by atoms with Crippen LogP contribution in [0.3, 0.4) is 0 Å². The second-order valence-corrected chi connectivity index (χ2v) is 7.10. The van der Waals surface area contributed by atoms with Crippen LogP contribution in [-0.2, 0) is 6.42 Å². The first kappa shape index (κ1) is 20.9. The number of carbonyl (C=O) groups excluding carboxylic acids is 1. The minimum atomic E-state index is -0.404. The molecule has 1 heterocycles. The van der Waals surface area contributed by atoms with Crippen molar-refractivity contribution in [2.45, 2.75) is 20.3 Å². The summed E-state index contributed by atoms with van der Waals surface area (Å²) in [6, 6.07) is 10.7. The molecule has 29 heavy (non-hydrogen) atoms. The average Bonchev–Trinajstić information content (AvgIpc) is 2.69. The van der Waals surface area contributed by atoms with E-state index in [1.807, 2.05) is 38.1 Å². The Morgan fingerprint density at radius 2 is 1.86 bits per heavy atom. The summed E-state index contributed by atoms with van der Waals surface area (Å²) in [4.78, 5) is 21.3. The van der Waals surface area contributed by atoms with Crippen LogP contribution in [0.25, 0.3) is 0 Å². The molecule has 3 rings (SSSR count). The number of methoxy groups -OCH3 is 1. The lowest BCUT2D eigenvalue weighted by molar-refractivity contribution is 0.102. The molecule has 2 aromatic carbocycles. The Morgan fingerprint density at radius 1 is 1.10 bits per heavy atom. The van der Waals surface area contributed by atoms with Crippen LogP contribution in [0.1, 0.15) is 28.5 Å². The van der Waals surface area contributed by atoms with Crippen molar-refractivity contribution in [2.75, 3.05) is 17.7 Å². The highest BCUT2D eigenvalue weighted by Crippen LogP contribution is 2.35. The van der Waals surface area contributed by atoms with Crippen LogP contribution in [0.5, 0.6) is 5.75 Å². The smallest absolute Gasteiger partial charge is 0.261 e. The summed E-state index contributed by atoms with van der Waals surface area (Å²) in [6.07, 6.45) is 2.23. The number of halogens is 2. The van der Waals surface area contributed by atoms with Crippen LogP contribution in [0.4, 0.5) is 17.2 Å². The first-order chi connectivity index (χ1) is 13.9. The molecule has 1 amide bonds. The molecular formula is C21H20Cl2N4O2. The molecule has 0 atom stereocenters. The van der Waals surface area contributed by atoms with E-state index in [0.717, 1.165) is 23.4 Å². The normalized spacial score (nSPS) is 10.5. The van der Waals surface area contributed by atoms with E-state index >= 15 is 0 Å². The lowest BCUT2D eigenvalue weighted by atomic mass is 10.1. The molecule has 150 valence electrons. The minimum Gasteiger partial charge on any atom is -0.494 e. The van der Waals surface area contributed by atoms with Gasteiger partial charge in [-0.2, -0.15) is 0 Å². The number of hydrogen-bond acceptors (Lipinski definition) is 5. The number of hydrogen-bond donors (Lipinski definition) is 2. The molecule has 0 bridgehead atoms. The highest BCUT2D eigenvalue weighted by atomic mass is 35.5. The fourth-order valence-corrected chi connectivity index (χ4v) is 3.35. The summed E-state index contributed by atoms with van der Waals surface area (Å²) >= 11 is 12.4. The fourth-order valence-electron chi connectivity index (χ4n) is 2.88. The molecule has 2 N–H and O–H groups in total. The summed E-state index contributed by atoms with van der Waals surface area (Å²) < 4.78 is 5.28. The van der Waals surface area contributed by atoms with Gasteiger partial charge in [-0.05, 0) is 43.2 Å². The Hall–Kier alpha value is -2.83. The number of amides is 1. The number of nitrogens with zero attached hydrogens (tertiary/aromatic N) is 2. The van der Waals surface area contributed by atoms with Gasteiger partial charge in [-0.25, -0.2) is 9.97 Å². The Balaban J connectivity index is 1.92. The maximum atomic E-state index is 13.0. The van der Waals surface area contributed by atoms with Gasteiger partial charge in [0.2, 0.25) is 0 Å². The molecule has 0 saturated carbocycles. The van der Waals surface area contributed by atoms with Crippen LogP contribution in [0, 0.1) is 6.92 Å². The Morgan fingerprint density at radius 3 is 2.55 bits per heavy atom. The van der Waals surface area contributed by atoms with E-state index in [1.165, 1.54) is 13.4 Å². The number of rotatable bonds is 6. The van der Waals surface area contributed by atoms with Crippen LogP contribution in [0.15, 0.2) is 42.7 Å². The van der Waals surface area contributed by atoms with Crippen LogP contribution >= 0.6 is 23.2 Å². The van der Waals surface area contributed by atoms with Crippen molar-refractivity contribution in [3.8, 4) is 5.75 Å². The zero-order chi connectivity index (χ0) is 21.0. The van der Waals surface area contributed by atoms with E-state index in [0.29, 0.717) is 16.5 Å². The standard InChI is InChI=1S/C21H20Cl2N4O2/c1-4-13-5-6-14(26-18-9-12(2)24-11-25-18)10-17(13)27-21(28)19-15(22)7-8-16(23)20(19)29-3/h5-11H,4H2,1-3H3,(H,27,28)(H,24,25,26). The lowest BCUT2D eigenvalue weighted by Gasteiger charge is -2.15. The van der Waals surface area contributed by atoms with Crippen molar-refractivity contribution in [3.05, 3.63) is 69.6 Å². The summed E-state index contributed by atoms with van der Waals surface area (Å²) in [5.41, 5.74) is 3.45. The summed E-state index contributed by atoms with van der Waals surface area (Å²) in [5, 5.41) is 6.71. The van der Waals surface area contributed by atoms with Gasteiger partial charge in [-0.15, -0.1) is 0 Å². The Labute approximate surface area is 179 Å². The molecule has 0 aliphatic heterocycles. The maximum absolute atomic E-state index is 13.0. The fraction of sp³-hybridized carbons (Fsp3) is 0.190. The Bertz CT molecular complexity index is 1060. The molecule has 8 heteroatoms. The van der Waals surface area contributed by atoms with E-state index in [9.17, 15) is 4.79 Å². The zero-order valence-electron chi connectivity index (χ0n) is 16.2. The summed E-state index contributed by atoms with van der Waals surface area (Å²) in [7, 11) is 1.44. The third-order valence-electron chi connectivity index (χ3n) is 4.31. The molecule has 0 spiro atoms. The number of nitrogens with one attached hydrogen (secondary N) is 2. The van der Waals surface area contributed by atoms with E-state index in [2.05, 4.69) is 20.6 Å². The zero-order valence-corrected chi connectivity index (χ0v) is 17.7. The van der Waals surface area contributed by atoms with Crippen molar-refractivity contribution in [1.29, 1.82) is 0 Å². The molecular weight excluding hydrogens is 411 g/mol.